The molecule has 2 aromatic rings. The van der Waals surface area contributed by atoms with Crippen molar-refractivity contribution in [2.45, 2.75) is 0 Å². The minimum absolute atomic E-state index is 0.834. The highest BCUT2D eigenvalue weighted by Gasteiger charge is 1.95. The van der Waals surface area contributed by atoms with E-state index in [1.165, 1.54) is 6.21 Å². The number of nitrogens with zero attached hydrogens (tertiary/aromatic N) is 3. The lowest BCUT2D eigenvalue weighted by Gasteiger charge is -2.01. The maximum absolute atomic E-state index is 8.39. The third-order valence-electron chi connectivity index (χ3n) is 1.85. The van der Waals surface area contributed by atoms with Crippen LogP contribution in [0.1, 0.15) is 5.56 Å². The third kappa shape index (κ3) is 1.64. The van der Waals surface area contributed by atoms with Gasteiger partial charge in [0.2, 0.25) is 0 Å². The smallest absolute Gasteiger partial charge is 0.0734 e. The van der Waals surface area contributed by atoms with Crippen molar-refractivity contribution in [3.63, 3.8) is 0 Å². The lowest BCUT2D eigenvalue weighted by Crippen LogP contribution is -1.94. The van der Waals surface area contributed by atoms with Gasteiger partial charge in [0.1, 0.15) is 0 Å². The molecule has 2 rings (SSSR count). The van der Waals surface area contributed by atoms with E-state index in [1.54, 1.807) is 10.9 Å². The average Bonchev–Trinajstić information content (AvgIpc) is 2.71. The molecule has 4 nitrogen and oxygen atoms in total. The molecule has 1 N–H and O–H groups in total. The summed E-state index contributed by atoms with van der Waals surface area (Å²) in [4.78, 5) is 0. The molecule has 0 radical (unpaired) electrons. The van der Waals surface area contributed by atoms with Crippen molar-refractivity contribution >= 4 is 6.21 Å². The van der Waals surface area contributed by atoms with Crippen LogP contribution in [0.3, 0.4) is 0 Å². The van der Waals surface area contributed by atoms with Gasteiger partial charge in [-0.15, -0.1) is 0 Å². The molecule has 14 heavy (non-hydrogen) atoms. The number of hydrogen-bond acceptors (Lipinski definition) is 3. The molecule has 0 fully saturated rings. The molecule has 0 aliphatic heterocycles. The van der Waals surface area contributed by atoms with E-state index < -0.39 is 0 Å². The molecule has 0 bridgehead atoms. The van der Waals surface area contributed by atoms with Gasteiger partial charge in [-0.2, -0.15) is 5.10 Å². The van der Waals surface area contributed by atoms with Gasteiger partial charge in [0.25, 0.3) is 0 Å². The van der Waals surface area contributed by atoms with Crippen LogP contribution in [0.2, 0.25) is 0 Å². The fraction of sp³-hybridized carbons (Fsp3) is 0. The predicted molar refractivity (Wildman–Crippen MR) is 52.9 cm³/mol. The molecule has 1 aromatic carbocycles. The van der Waals surface area contributed by atoms with Crippen LogP contribution < -0.4 is 0 Å². The van der Waals surface area contributed by atoms with Crippen molar-refractivity contribution in [1.29, 1.82) is 0 Å². The quantitative estimate of drug-likeness (QED) is 0.441. The van der Waals surface area contributed by atoms with E-state index >= 15 is 0 Å². The minimum Gasteiger partial charge on any atom is -0.411 e. The van der Waals surface area contributed by atoms with Crippen LogP contribution in [0.4, 0.5) is 0 Å². The molecule has 1 aromatic heterocycles. The summed E-state index contributed by atoms with van der Waals surface area (Å²) in [6, 6.07) is 9.40. The standard InChI is InChI=1S/C10H9N3O/c14-12-8-9-3-1-4-10(7-9)13-6-2-5-11-13/h1-8,14H/b12-8+. The van der Waals surface area contributed by atoms with Gasteiger partial charge < -0.3 is 5.21 Å². The number of hydrogen-bond donors (Lipinski definition) is 1. The zero-order valence-corrected chi connectivity index (χ0v) is 7.41. The minimum atomic E-state index is 0.834. The van der Waals surface area contributed by atoms with Gasteiger partial charge in [-0.1, -0.05) is 17.3 Å². The fourth-order valence-electron chi connectivity index (χ4n) is 1.24. The molecule has 4 heteroatoms. The van der Waals surface area contributed by atoms with E-state index in [2.05, 4.69) is 10.3 Å². The van der Waals surface area contributed by atoms with Gasteiger partial charge in [0.15, 0.2) is 0 Å². The first-order chi connectivity index (χ1) is 6.90. The van der Waals surface area contributed by atoms with Gasteiger partial charge in [0, 0.05) is 12.4 Å². The van der Waals surface area contributed by atoms with Gasteiger partial charge >= 0.3 is 0 Å². The summed E-state index contributed by atoms with van der Waals surface area (Å²) in [5.41, 5.74) is 1.77. The first-order valence-electron chi connectivity index (χ1n) is 4.17. The van der Waals surface area contributed by atoms with Crippen molar-refractivity contribution in [3.05, 3.63) is 48.3 Å². The summed E-state index contributed by atoms with van der Waals surface area (Å²) in [6.45, 7) is 0. The molecule has 0 aliphatic rings. The van der Waals surface area contributed by atoms with Crippen molar-refractivity contribution < 1.29 is 5.21 Å². The monoisotopic (exact) mass is 187 g/mol. The SMILES string of the molecule is O/N=C/c1cccc(-n2cccn2)c1. The zero-order valence-electron chi connectivity index (χ0n) is 7.41. The Labute approximate surface area is 81.1 Å². The molecule has 0 saturated carbocycles. The Kier molecular flexibility index (Phi) is 2.27. The van der Waals surface area contributed by atoms with Crippen LogP contribution in [-0.4, -0.2) is 21.2 Å². The van der Waals surface area contributed by atoms with Crippen LogP contribution >= 0.6 is 0 Å². The summed E-state index contributed by atoms with van der Waals surface area (Å²) >= 11 is 0. The van der Waals surface area contributed by atoms with Crippen molar-refractivity contribution in [2.75, 3.05) is 0 Å². The fourth-order valence-corrected chi connectivity index (χ4v) is 1.24. The number of oxime groups is 1. The maximum Gasteiger partial charge on any atom is 0.0734 e. The van der Waals surface area contributed by atoms with Gasteiger partial charge in [0.05, 0.1) is 11.9 Å². The van der Waals surface area contributed by atoms with Crippen molar-refractivity contribution in [1.82, 2.24) is 9.78 Å². The lowest BCUT2D eigenvalue weighted by atomic mass is 10.2. The van der Waals surface area contributed by atoms with Crippen LogP contribution in [0.5, 0.6) is 0 Å². The number of aromatic nitrogens is 2. The molecule has 1 heterocycles. The molecule has 0 atom stereocenters. The summed E-state index contributed by atoms with van der Waals surface area (Å²) in [6.07, 6.45) is 4.95. The molecule has 0 saturated heterocycles. The summed E-state index contributed by atoms with van der Waals surface area (Å²) in [7, 11) is 0. The molecule has 70 valence electrons. The van der Waals surface area contributed by atoms with Crippen LogP contribution in [0.15, 0.2) is 47.9 Å². The van der Waals surface area contributed by atoms with E-state index in [-0.39, 0.29) is 0 Å². The second-order valence-corrected chi connectivity index (χ2v) is 2.79. The highest BCUT2D eigenvalue weighted by molar-refractivity contribution is 5.79. The normalized spacial score (nSPS) is 10.9. The Balaban J connectivity index is 2.40. The highest BCUT2D eigenvalue weighted by Crippen LogP contribution is 2.07. The topological polar surface area (TPSA) is 50.4 Å². The number of rotatable bonds is 2. The van der Waals surface area contributed by atoms with E-state index in [9.17, 15) is 0 Å². The second kappa shape index (κ2) is 3.74. The third-order valence-corrected chi connectivity index (χ3v) is 1.85. The first-order valence-corrected chi connectivity index (χ1v) is 4.17. The Bertz CT molecular complexity index is 434. The Morgan fingerprint density at radius 3 is 3.00 bits per heavy atom. The van der Waals surface area contributed by atoms with Crippen molar-refractivity contribution in [2.24, 2.45) is 5.16 Å². The average molecular weight is 187 g/mol. The second-order valence-electron chi connectivity index (χ2n) is 2.79. The maximum atomic E-state index is 8.39. The van der Waals surface area contributed by atoms with Crippen molar-refractivity contribution in [3.8, 4) is 5.69 Å². The largest absolute Gasteiger partial charge is 0.411 e. The van der Waals surface area contributed by atoms with Crippen LogP contribution in [0, 0.1) is 0 Å². The van der Waals surface area contributed by atoms with Gasteiger partial charge in [-0.05, 0) is 23.8 Å². The number of benzene rings is 1. The van der Waals surface area contributed by atoms with Gasteiger partial charge in [-0.3, -0.25) is 0 Å². The molecule has 0 aliphatic carbocycles. The molecular weight excluding hydrogens is 178 g/mol. The molecular formula is C10H9N3O. The molecule has 0 unspecified atom stereocenters. The van der Waals surface area contributed by atoms with E-state index in [0.29, 0.717) is 0 Å². The molecule has 0 spiro atoms. The zero-order chi connectivity index (χ0) is 9.80. The summed E-state index contributed by atoms with van der Waals surface area (Å²) in [5, 5.41) is 15.5. The summed E-state index contributed by atoms with van der Waals surface area (Å²) < 4.78 is 1.74. The Morgan fingerprint density at radius 1 is 1.36 bits per heavy atom. The Hall–Kier alpha value is -2.10. The van der Waals surface area contributed by atoms with Crippen LogP contribution in [-0.2, 0) is 0 Å². The van der Waals surface area contributed by atoms with E-state index in [1.807, 2.05) is 36.5 Å². The Morgan fingerprint density at radius 2 is 2.29 bits per heavy atom. The summed E-state index contributed by atoms with van der Waals surface area (Å²) in [5.74, 6) is 0. The lowest BCUT2D eigenvalue weighted by molar-refractivity contribution is 0.322. The first kappa shape index (κ1) is 8.50. The van der Waals surface area contributed by atoms with E-state index in [4.69, 9.17) is 5.21 Å². The van der Waals surface area contributed by atoms with Crippen LogP contribution in [0.25, 0.3) is 5.69 Å². The molecule has 0 amide bonds. The highest BCUT2D eigenvalue weighted by atomic mass is 16.4. The van der Waals surface area contributed by atoms with E-state index in [0.717, 1.165) is 11.3 Å². The van der Waals surface area contributed by atoms with Gasteiger partial charge in [-0.25, -0.2) is 4.68 Å². The predicted octanol–water partition coefficient (Wildman–Crippen LogP) is 1.68.